The first-order valence-electron chi connectivity index (χ1n) is 8.74. The summed E-state index contributed by atoms with van der Waals surface area (Å²) in [7, 11) is 0. The molecular weight excluding hydrogens is 276 g/mol. The van der Waals surface area contributed by atoms with Crippen LogP contribution in [-0.2, 0) is 0 Å². The van der Waals surface area contributed by atoms with Gasteiger partial charge in [0.05, 0.1) is 0 Å². The highest BCUT2D eigenvalue weighted by Gasteiger charge is 2.39. The minimum atomic E-state index is 0.0925. The molecule has 1 aliphatic heterocycles. The Kier molecular flexibility index (Phi) is 3.72. The molecule has 22 heavy (non-hydrogen) atoms. The minimum Gasteiger partial charge on any atom is -0.355 e. The van der Waals surface area contributed by atoms with Crippen LogP contribution in [0.3, 0.4) is 0 Å². The molecule has 2 aliphatic carbocycles. The zero-order valence-corrected chi connectivity index (χ0v) is 13.1. The standard InChI is InChI=1S/C17H24N4O/c22-17(21(14-7-8-14)13-5-1-2-6-13)15-9-10-16(19-18-15)20-11-3-4-12-20/h9-10,13-14H,1-8,11-12H2. The molecule has 1 saturated heterocycles. The molecule has 3 fully saturated rings. The van der Waals surface area contributed by atoms with Crippen LogP contribution in [0.5, 0.6) is 0 Å². The summed E-state index contributed by atoms with van der Waals surface area (Å²) in [4.78, 5) is 17.2. The van der Waals surface area contributed by atoms with E-state index in [0.717, 1.165) is 44.6 Å². The van der Waals surface area contributed by atoms with Crippen LogP contribution in [0.2, 0.25) is 0 Å². The molecule has 2 heterocycles. The number of hydrogen-bond donors (Lipinski definition) is 0. The summed E-state index contributed by atoms with van der Waals surface area (Å²) in [6.07, 6.45) is 9.56. The molecule has 4 rings (SSSR count). The van der Waals surface area contributed by atoms with Gasteiger partial charge in [0, 0.05) is 25.2 Å². The highest BCUT2D eigenvalue weighted by atomic mass is 16.2. The van der Waals surface area contributed by atoms with Crippen LogP contribution in [0.25, 0.3) is 0 Å². The topological polar surface area (TPSA) is 49.3 Å². The van der Waals surface area contributed by atoms with Crippen molar-refractivity contribution in [2.24, 2.45) is 0 Å². The first kappa shape index (κ1) is 14.0. The van der Waals surface area contributed by atoms with Gasteiger partial charge < -0.3 is 9.80 Å². The van der Waals surface area contributed by atoms with Crippen LogP contribution in [0.4, 0.5) is 5.82 Å². The Morgan fingerprint density at radius 2 is 1.64 bits per heavy atom. The fourth-order valence-corrected chi connectivity index (χ4v) is 3.85. The Bertz CT molecular complexity index is 528. The van der Waals surface area contributed by atoms with Gasteiger partial charge in [0.15, 0.2) is 11.5 Å². The van der Waals surface area contributed by atoms with Crippen molar-refractivity contribution in [2.45, 2.75) is 63.5 Å². The number of anilines is 1. The summed E-state index contributed by atoms with van der Waals surface area (Å²) < 4.78 is 0. The second-order valence-corrected chi connectivity index (χ2v) is 6.85. The lowest BCUT2D eigenvalue weighted by Crippen LogP contribution is -2.41. The molecule has 0 unspecified atom stereocenters. The van der Waals surface area contributed by atoms with Crippen LogP contribution < -0.4 is 4.90 Å². The zero-order chi connectivity index (χ0) is 14.9. The van der Waals surface area contributed by atoms with E-state index < -0.39 is 0 Å². The van der Waals surface area contributed by atoms with Crippen LogP contribution in [-0.4, -0.2) is 46.2 Å². The molecule has 0 bridgehead atoms. The maximum atomic E-state index is 12.9. The SMILES string of the molecule is O=C(c1ccc(N2CCCC2)nn1)N(C1CCCC1)C1CC1. The maximum Gasteiger partial charge on any atom is 0.274 e. The number of nitrogens with zero attached hydrogens (tertiary/aromatic N) is 4. The lowest BCUT2D eigenvalue weighted by atomic mass is 10.2. The van der Waals surface area contributed by atoms with Crippen LogP contribution in [0.15, 0.2) is 12.1 Å². The van der Waals surface area contributed by atoms with E-state index in [1.807, 2.05) is 12.1 Å². The summed E-state index contributed by atoms with van der Waals surface area (Å²) in [6.45, 7) is 2.11. The monoisotopic (exact) mass is 300 g/mol. The number of rotatable bonds is 4. The summed E-state index contributed by atoms with van der Waals surface area (Å²) in [5, 5.41) is 8.54. The van der Waals surface area contributed by atoms with Crippen molar-refractivity contribution in [3.05, 3.63) is 17.8 Å². The molecule has 0 spiro atoms. The molecule has 1 amide bonds. The normalized spacial score (nSPS) is 22.3. The third-order valence-electron chi connectivity index (χ3n) is 5.19. The number of aromatic nitrogens is 2. The highest BCUT2D eigenvalue weighted by Crippen LogP contribution is 2.35. The van der Waals surface area contributed by atoms with E-state index >= 15 is 0 Å². The third kappa shape index (κ3) is 2.69. The van der Waals surface area contributed by atoms with Crippen molar-refractivity contribution in [2.75, 3.05) is 18.0 Å². The van der Waals surface area contributed by atoms with Crippen LogP contribution >= 0.6 is 0 Å². The molecule has 1 aromatic heterocycles. The number of hydrogen-bond acceptors (Lipinski definition) is 4. The molecule has 0 radical (unpaired) electrons. The molecule has 1 aromatic rings. The molecule has 0 N–H and O–H groups in total. The van der Waals surface area contributed by atoms with Gasteiger partial charge in [0.2, 0.25) is 0 Å². The largest absolute Gasteiger partial charge is 0.355 e. The van der Waals surface area contributed by atoms with Gasteiger partial charge in [-0.15, -0.1) is 10.2 Å². The lowest BCUT2D eigenvalue weighted by molar-refractivity contribution is 0.0657. The van der Waals surface area contributed by atoms with Gasteiger partial charge in [-0.25, -0.2) is 0 Å². The second-order valence-electron chi connectivity index (χ2n) is 6.85. The predicted molar refractivity (Wildman–Crippen MR) is 84.9 cm³/mol. The van der Waals surface area contributed by atoms with Crippen molar-refractivity contribution < 1.29 is 4.79 Å². The molecule has 3 aliphatic rings. The van der Waals surface area contributed by atoms with Gasteiger partial charge in [0.1, 0.15) is 0 Å². The van der Waals surface area contributed by atoms with E-state index in [0.29, 0.717) is 17.8 Å². The number of amides is 1. The zero-order valence-electron chi connectivity index (χ0n) is 13.1. The minimum absolute atomic E-state index is 0.0925. The Morgan fingerprint density at radius 3 is 2.23 bits per heavy atom. The Morgan fingerprint density at radius 1 is 0.955 bits per heavy atom. The van der Waals surface area contributed by atoms with Gasteiger partial charge in [-0.3, -0.25) is 4.79 Å². The molecule has 0 atom stereocenters. The fourth-order valence-electron chi connectivity index (χ4n) is 3.85. The smallest absolute Gasteiger partial charge is 0.274 e. The quantitative estimate of drug-likeness (QED) is 0.857. The van der Waals surface area contributed by atoms with Crippen molar-refractivity contribution >= 4 is 11.7 Å². The summed E-state index contributed by atoms with van der Waals surface area (Å²) in [5.41, 5.74) is 0.516. The van der Waals surface area contributed by atoms with Crippen molar-refractivity contribution in [3.63, 3.8) is 0 Å². The van der Waals surface area contributed by atoms with E-state index in [2.05, 4.69) is 20.0 Å². The third-order valence-corrected chi connectivity index (χ3v) is 5.19. The molecule has 0 aromatic carbocycles. The molecule has 5 nitrogen and oxygen atoms in total. The fraction of sp³-hybridized carbons (Fsp3) is 0.706. The first-order valence-corrected chi connectivity index (χ1v) is 8.74. The molecular formula is C17H24N4O. The van der Waals surface area contributed by atoms with E-state index in [1.54, 1.807) is 0 Å². The Hall–Kier alpha value is -1.65. The molecule has 118 valence electrons. The van der Waals surface area contributed by atoms with Crippen molar-refractivity contribution in [3.8, 4) is 0 Å². The van der Waals surface area contributed by atoms with Gasteiger partial charge in [-0.1, -0.05) is 12.8 Å². The summed E-state index contributed by atoms with van der Waals surface area (Å²) in [5.74, 6) is 1.00. The van der Waals surface area contributed by atoms with Gasteiger partial charge >= 0.3 is 0 Å². The van der Waals surface area contributed by atoms with E-state index in [-0.39, 0.29) is 5.91 Å². The number of carbonyl (C=O) groups excluding carboxylic acids is 1. The Labute approximate surface area is 131 Å². The van der Waals surface area contributed by atoms with Gasteiger partial charge in [0.25, 0.3) is 5.91 Å². The highest BCUT2D eigenvalue weighted by molar-refractivity contribution is 5.93. The summed E-state index contributed by atoms with van der Waals surface area (Å²) in [6, 6.07) is 4.72. The van der Waals surface area contributed by atoms with Gasteiger partial charge in [-0.2, -0.15) is 0 Å². The van der Waals surface area contributed by atoms with Gasteiger partial charge in [-0.05, 0) is 50.7 Å². The molecule has 2 saturated carbocycles. The predicted octanol–water partition coefficient (Wildman–Crippen LogP) is 2.62. The number of carbonyl (C=O) groups is 1. The van der Waals surface area contributed by atoms with E-state index in [9.17, 15) is 4.79 Å². The molecule has 5 heteroatoms. The average Bonchev–Trinajstić information content (AvgIpc) is 3.04. The van der Waals surface area contributed by atoms with Crippen molar-refractivity contribution in [1.82, 2.24) is 15.1 Å². The van der Waals surface area contributed by atoms with Crippen LogP contribution in [0.1, 0.15) is 61.9 Å². The van der Waals surface area contributed by atoms with Crippen LogP contribution in [0, 0.1) is 0 Å². The van der Waals surface area contributed by atoms with Crippen molar-refractivity contribution in [1.29, 1.82) is 0 Å². The Balaban J connectivity index is 1.50. The van der Waals surface area contributed by atoms with E-state index in [1.165, 1.54) is 25.7 Å². The maximum absolute atomic E-state index is 12.9. The second kappa shape index (κ2) is 5.86. The average molecular weight is 300 g/mol. The summed E-state index contributed by atoms with van der Waals surface area (Å²) >= 11 is 0. The van der Waals surface area contributed by atoms with E-state index in [4.69, 9.17) is 0 Å². The first-order chi connectivity index (χ1) is 10.8. The lowest BCUT2D eigenvalue weighted by Gasteiger charge is -2.28.